The largest absolute Gasteiger partial charge is 0.467 e. The number of nitrogens with zero attached hydrogens (tertiary/aromatic N) is 3. The fourth-order valence-electron chi connectivity index (χ4n) is 2.14. The Balaban J connectivity index is 2.19. The Morgan fingerprint density at radius 3 is 3.00 bits per heavy atom. The van der Waals surface area contributed by atoms with Crippen molar-refractivity contribution in [2.45, 2.75) is 19.9 Å². The van der Waals surface area contributed by atoms with Gasteiger partial charge in [0.2, 0.25) is 5.95 Å². The van der Waals surface area contributed by atoms with E-state index in [1.54, 1.807) is 6.26 Å². The zero-order valence-electron chi connectivity index (χ0n) is 10.3. The first kappa shape index (κ1) is 10.8. The van der Waals surface area contributed by atoms with Crippen LogP contribution in [0.1, 0.15) is 24.3 Å². The third-order valence-electron chi connectivity index (χ3n) is 3.04. The number of nitrogen functional groups attached to an aromatic ring is 1. The molecule has 3 aromatic rings. The van der Waals surface area contributed by atoms with E-state index < -0.39 is 0 Å². The van der Waals surface area contributed by atoms with Crippen molar-refractivity contribution in [2.75, 3.05) is 5.73 Å². The Morgan fingerprint density at radius 2 is 2.28 bits per heavy atom. The summed E-state index contributed by atoms with van der Waals surface area (Å²) in [6.07, 6.45) is 3.47. The van der Waals surface area contributed by atoms with Gasteiger partial charge in [0.1, 0.15) is 11.3 Å². The number of pyridine rings is 1. The topological polar surface area (TPSA) is 69.9 Å². The Kier molecular flexibility index (Phi) is 2.33. The van der Waals surface area contributed by atoms with Crippen molar-refractivity contribution in [3.63, 3.8) is 0 Å². The maximum Gasteiger partial charge on any atom is 0.203 e. The Labute approximate surface area is 104 Å². The summed E-state index contributed by atoms with van der Waals surface area (Å²) in [5.41, 5.74) is 8.64. The van der Waals surface area contributed by atoms with Crippen molar-refractivity contribution < 1.29 is 4.42 Å². The van der Waals surface area contributed by atoms with Gasteiger partial charge in [-0.05, 0) is 37.6 Å². The van der Waals surface area contributed by atoms with Crippen LogP contribution in [0.3, 0.4) is 0 Å². The molecule has 0 fully saturated rings. The SMILES string of the molecule is Cc1cnc2c(c1)nc(N)n2C(C)c1ccco1. The number of nitrogens with two attached hydrogens (primary N) is 1. The number of fused-ring (bicyclic) bond motifs is 1. The van der Waals surface area contributed by atoms with E-state index in [9.17, 15) is 0 Å². The molecule has 5 nitrogen and oxygen atoms in total. The van der Waals surface area contributed by atoms with Crippen LogP contribution < -0.4 is 5.73 Å². The first-order valence-corrected chi connectivity index (χ1v) is 5.80. The van der Waals surface area contributed by atoms with Crippen LogP contribution in [0.2, 0.25) is 0 Å². The lowest BCUT2D eigenvalue weighted by molar-refractivity contribution is 0.452. The lowest BCUT2D eigenvalue weighted by Gasteiger charge is -2.12. The van der Waals surface area contributed by atoms with Gasteiger partial charge in [-0.25, -0.2) is 9.97 Å². The van der Waals surface area contributed by atoms with Crippen LogP contribution in [0.4, 0.5) is 5.95 Å². The average molecular weight is 242 g/mol. The molecule has 3 heterocycles. The lowest BCUT2D eigenvalue weighted by atomic mass is 10.2. The van der Waals surface area contributed by atoms with Crippen molar-refractivity contribution in [3.8, 4) is 0 Å². The molecule has 0 aliphatic heterocycles. The minimum atomic E-state index is -0.0276. The lowest BCUT2D eigenvalue weighted by Crippen LogP contribution is -2.10. The van der Waals surface area contributed by atoms with Gasteiger partial charge in [-0.15, -0.1) is 0 Å². The van der Waals surface area contributed by atoms with Gasteiger partial charge in [0, 0.05) is 6.20 Å². The number of rotatable bonds is 2. The molecule has 1 atom stereocenters. The Morgan fingerprint density at radius 1 is 1.44 bits per heavy atom. The normalized spacial score (nSPS) is 13.0. The molecule has 5 heteroatoms. The molecular formula is C13H14N4O. The van der Waals surface area contributed by atoms with Crippen LogP contribution in [0, 0.1) is 6.92 Å². The van der Waals surface area contributed by atoms with Gasteiger partial charge in [-0.1, -0.05) is 0 Å². The second-order valence-electron chi connectivity index (χ2n) is 4.39. The molecule has 3 rings (SSSR count). The van der Waals surface area contributed by atoms with Gasteiger partial charge in [0.15, 0.2) is 5.65 Å². The molecule has 0 saturated carbocycles. The molecule has 0 amide bonds. The summed E-state index contributed by atoms with van der Waals surface area (Å²) in [5, 5.41) is 0. The average Bonchev–Trinajstić information content (AvgIpc) is 2.94. The Hall–Kier alpha value is -2.30. The molecule has 0 radical (unpaired) electrons. The van der Waals surface area contributed by atoms with E-state index in [2.05, 4.69) is 9.97 Å². The summed E-state index contributed by atoms with van der Waals surface area (Å²) in [4.78, 5) is 8.75. The number of imidazole rings is 1. The number of furan rings is 1. The first-order valence-electron chi connectivity index (χ1n) is 5.80. The summed E-state index contributed by atoms with van der Waals surface area (Å²) in [5.74, 6) is 1.29. The van der Waals surface area contributed by atoms with Crippen LogP contribution in [0.25, 0.3) is 11.2 Å². The van der Waals surface area contributed by atoms with Crippen LogP contribution in [0.5, 0.6) is 0 Å². The second-order valence-corrected chi connectivity index (χ2v) is 4.39. The van der Waals surface area contributed by atoms with Crippen LogP contribution in [-0.2, 0) is 0 Å². The summed E-state index contributed by atoms with van der Waals surface area (Å²) < 4.78 is 7.30. The van der Waals surface area contributed by atoms with E-state index in [-0.39, 0.29) is 6.04 Å². The molecule has 18 heavy (non-hydrogen) atoms. The monoisotopic (exact) mass is 242 g/mol. The molecule has 0 aromatic carbocycles. The summed E-state index contributed by atoms with van der Waals surface area (Å²) >= 11 is 0. The van der Waals surface area contributed by atoms with Gasteiger partial charge in [-0.3, -0.25) is 4.57 Å². The fraction of sp³-hybridized carbons (Fsp3) is 0.231. The summed E-state index contributed by atoms with van der Waals surface area (Å²) in [7, 11) is 0. The molecular weight excluding hydrogens is 228 g/mol. The van der Waals surface area contributed by atoms with E-state index >= 15 is 0 Å². The Bertz CT molecular complexity index is 684. The quantitative estimate of drug-likeness (QED) is 0.749. The van der Waals surface area contributed by atoms with Gasteiger partial charge in [0.05, 0.1) is 12.3 Å². The summed E-state index contributed by atoms with van der Waals surface area (Å²) in [6.45, 7) is 4.00. The van der Waals surface area contributed by atoms with Crippen LogP contribution in [0.15, 0.2) is 35.1 Å². The molecule has 0 bridgehead atoms. The van der Waals surface area contributed by atoms with Gasteiger partial charge >= 0.3 is 0 Å². The van der Waals surface area contributed by atoms with Gasteiger partial charge in [-0.2, -0.15) is 0 Å². The third-order valence-corrected chi connectivity index (χ3v) is 3.04. The predicted molar refractivity (Wildman–Crippen MR) is 69.2 cm³/mol. The van der Waals surface area contributed by atoms with Gasteiger partial charge < -0.3 is 10.2 Å². The summed E-state index contributed by atoms with van der Waals surface area (Å²) in [6, 6.07) is 5.73. The third kappa shape index (κ3) is 1.55. The zero-order chi connectivity index (χ0) is 12.7. The molecule has 92 valence electrons. The van der Waals surface area contributed by atoms with Crippen molar-refractivity contribution in [1.82, 2.24) is 14.5 Å². The highest BCUT2D eigenvalue weighted by molar-refractivity contribution is 5.75. The van der Waals surface area contributed by atoms with E-state index in [1.807, 2.05) is 42.8 Å². The highest BCUT2D eigenvalue weighted by Crippen LogP contribution is 2.26. The highest BCUT2D eigenvalue weighted by atomic mass is 16.3. The highest BCUT2D eigenvalue weighted by Gasteiger charge is 2.18. The van der Waals surface area contributed by atoms with E-state index in [4.69, 9.17) is 10.2 Å². The zero-order valence-corrected chi connectivity index (χ0v) is 10.3. The minimum absolute atomic E-state index is 0.0276. The van der Waals surface area contributed by atoms with Crippen molar-refractivity contribution in [1.29, 1.82) is 0 Å². The van der Waals surface area contributed by atoms with E-state index in [0.717, 1.165) is 22.5 Å². The fourth-order valence-corrected chi connectivity index (χ4v) is 2.14. The van der Waals surface area contributed by atoms with E-state index in [0.29, 0.717) is 5.95 Å². The number of aromatic nitrogens is 3. The molecule has 2 N–H and O–H groups in total. The number of anilines is 1. The molecule has 1 unspecified atom stereocenters. The van der Waals surface area contributed by atoms with E-state index in [1.165, 1.54) is 0 Å². The molecule has 0 saturated heterocycles. The van der Waals surface area contributed by atoms with Gasteiger partial charge in [0.25, 0.3) is 0 Å². The first-order chi connectivity index (χ1) is 8.66. The van der Waals surface area contributed by atoms with Crippen molar-refractivity contribution in [3.05, 3.63) is 42.0 Å². The molecule has 0 aliphatic rings. The minimum Gasteiger partial charge on any atom is -0.467 e. The van der Waals surface area contributed by atoms with Crippen molar-refractivity contribution >= 4 is 17.1 Å². The van der Waals surface area contributed by atoms with Crippen molar-refractivity contribution in [2.24, 2.45) is 0 Å². The predicted octanol–water partition coefficient (Wildman–Crippen LogP) is 2.52. The maximum atomic E-state index is 5.98. The number of hydrogen-bond acceptors (Lipinski definition) is 4. The number of hydrogen-bond donors (Lipinski definition) is 1. The smallest absolute Gasteiger partial charge is 0.203 e. The number of aryl methyl sites for hydroxylation is 1. The maximum absolute atomic E-state index is 5.98. The standard InChI is InChI=1S/C13H14N4O/c1-8-6-10-12(15-7-8)17(13(14)16-10)9(2)11-4-3-5-18-11/h3-7,9H,1-2H3,(H2,14,16). The van der Waals surface area contributed by atoms with Crippen LogP contribution >= 0.6 is 0 Å². The molecule has 3 aromatic heterocycles. The molecule has 0 aliphatic carbocycles. The molecule has 0 spiro atoms. The van der Waals surface area contributed by atoms with Crippen LogP contribution in [-0.4, -0.2) is 14.5 Å². The second kappa shape index (κ2) is 3.87.